The first-order chi connectivity index (χ1) is 8.92. The zero-order valence-corrected chi connectivity index (χ0v) is 12.6. The number of sulfonamides is 1. The molecule has 100 valence electrons. The number of halogens is 2. The number of anilines is 2. The van der Waals surface area contributed by atoms with Crippen LogP contribution in [-0.4, -0.2) is 13.4 Å². The van der Waals surface area contributed by atoms with E-state index in [0.717, 1.165) is 0 Å². The molecule has 0 aliphatic heterocycles. The van der Waals surface area contributed by atoms with E-state index in [0.29, 0.717) is 15.2 Å². The Morgan fingerprint density at radius 3 is 2.74 bits per heavy atom. The minimum Gasteiger partial charge on any atom is -0.398 e. The topological polar surface area (TPSA) is 85.1 Å². The lowest BCUT2D eigenvalue weighted by molar-refractivity contribution is 0.601. The van der Waals surface area contributed by atoms with Gasteiger partial charge < -0.3 is 5.73 Å². The Labute approximate surface area is 124 Å². The number of pyridine rings is 1. The fourth-order valence-corrected chi connectivity index (χ4v) is 3.21. The molecule has 8 heteroatoms. The highest BCUT2D eigenvalue weighted by Crippen LogP contribution is 2.32. The molecular weight excluding hydrogens is 354 g/mol. The van der Waals surface area contributed by atoms with Gasteiger partial charge in [-0.1, -0.05) is 17.7 Å². The van der Waals surface area contributed by atoms with E-state index in [4.69, 9.17) is 17.3 Å². The van der Waals surface area contributed by atoms with Crippen LogP contribution >= 0.6 is 27.5 Å². The van der Waals surface area contributed by atoms with Gasteiger partial charge in [0, 0.05) is 12.4 Å². The molecule has 1 aromatic heterocycles. The van der Waals surface area contributed by atoms with Gasteiger partial charge in [-0.3, -0.25) is 9.71 Å². The average molecular weight is 363 g/mol. The van der Waals surface area contributed by atoms with Crippen molar-refractivity contribution >= 4 is 48.9 Å². The molecule has 0 fully saturated rings. The lowest BCUT2D eigenvalue weighted by Gasteiger charge is -2.11. The van der Waals surface area contributed by atoms with Crippen LogP contribution in [0.4, 0.5) is 11.4 Å². The summed E-state index contributed by atoms with van der Waals surface area (Å²) in [7, 11) is -3.81. The molecule has 0 amide bonds. The van der Waals surface area contributed by atoms with Gasteiger partial charge in [-0.25, -0.2) is 8.42 Å². The predicted molar refractivity (Wildman–Crippen MR) is 78.6 cm³/mol. The second kappa shape index (κ2) is 5.36. The van der Waals surface area contributed by atoms with E-state index in [9.17, 15) is 8.42 Å². The van der Waals surface area contributed by atoms with E-state index < -0.39 is 10.0 Å². The molecule has 0 aliphatic carbocycles. The number of nitrogens with one attached hydrogen (secondary N) is 1. The van der Waals surface area contributed by atoms with E-state index in [1.807, 2.05) is 0 Å². The minimum atomic E-state index is -3.81. The molecule has 0 unspecified atom stereocenters. The van der Waals surface area contributed by atoms with Crippen LogP contribution in [0.5, 0.6) is 0 Å². The number of nitrogens with two attached hydrogens (primary N) is 1. The Hall–Kier alpha value is -1.31. The van der Waals surface area contributed by atoms with Crippen molar-refractivity contribution in [2.45, 2.75) is 4.90 Å². The lowest BCUT2D eigenvalue weighted by Crippen LogP contribution is -2.15. The summed E-state index contributed by atoms with van der Waals surface area (Å²) in [6, 6.07) is 6.28. The average Bonchev–Trinajstić information content (AvgIpc) is 2.35. The quantitative estimate of drug-likeness (QED) is 0.879. The van der Waals surface area contributed by atoms with Crippen molar-refractivity contribution in [3.8, 4) is 0 Å². The van der Waals surface area contributed by atoms with Crippen LogP contribution in [0.1, 0.15) is 0 Å². The van der Waals surface area contributed by atoms with E-state index in [1.54, 1.807) is 18.2 Å². The summed E-state index contributed by atoms with van der Waals surface area (Å²) in [6.07, 6.45) is 2.61. The van der Waals surface area contributed by atoms with E-state index in [1.165, 1.54) is 18.5 Å². The summed E-state index contributed by atoms with van der Waals surface area (Å²) < 4.78 is 27.2. The number of aromatic nitrogens is 1. The normalized spacial score (nSPS) is 11.3. The molecule has 0 aliphatic rings. The molecular formula is C11H9BrClN3O2S. The summed E-state index contributed by atoms with van der Waals surface area (Å²) >= 11 is 9.12. The molecule has 1 aromatic carbocycles. The van der Waals surface area contributed by atoms with Crippen LogP contribution in [0, 0.1) is 0 Å². The Balaban J connectivity index is 2.43. The SMILES string of the molecule is Nc1ccncc1S(=O)(=O)Nc1cccc(Cl)c1Br. The standard InChI is InChI=1S/C11H9BrClN3O2S/c12-11-7(13)2-1-3-9(11)16-19(17,18)10-6-15-5-4-8(10)14/h1-6,16H,(H2,14,15). The number of nitrogens with zero attached hydrogens (tertiary/aromatic N) is 1. The molecule has 3 N–H and O–H groups in total. The first-order valence-corrected chi connectivity index (χ1v) is 7.73. The maximum atomic E-state index is 12.2. The van der Waals surface area contributed by atoms with Gasteiger partial charge in [0.1, 0.15) is 4.90 Å². The van der Waals surface area contributed by atoms with Crippen LogP contribution in [0.15, 0.2) is 46.0 Å². The Morgan fingerprint density at radius 1 is 1.32 bits per heavy atom. The van der Waals surface area contributed by atoms with Gasteiger partial charge >= 0.3 is 0 Å². The Morgan fingerprint density at radius 2 is 2.05 bits per heavy atom. The molecule has 2 aromatic rings. The largest absolute Gasteiger partial charge is 0.398 e. The van der Waals surface area contributed by atoms with Crippen LogP contribution in [0.25, 0.3) is 0 Å². The number of nitrogen functional groups attached to an aromatic ring is 1. The van der Waals surface area contributed by atoms with Crippen molar-refractivity contribution in [3.63, 3.8) is 0 Å². The highest BCUT2D eigenvalue weighted by molar-refractivity contribution is 9.10. The van der Waals surface area contributed by atoms with Gasteiger partial charge in [-0.05, 0) is 34.1 Å². The Bertz CT molecular complexity index is 722. The summed E-state index contributed by atoms with van der Waals surface area (Å²) in [5, 5.41) is 0.402. The summed E-state index contributed by atoms with van der Waals surface area (Å²) in [5.41, 5.74) is 6.09. The second-order valence-electron chi connectivity index (χ2n) is 3.62. The maximum Gasteiger partial charge on any atom is 0.265 e. The maximum absolute atomic E-state index is 12.2. The number of rotatable bonds is 3. The third kappa shape index (κ3) is 2.99. The minimum absolute atomic E-state index is 0.0816. The molecule has 2 rings (SSSR count). The summed E-state index contributed by atoms with van der Waals surface area (Å²) in [6.45, 7) is 0. The van der Waals surface area contributed by atoms with Crippen molar-refractivity contribution < 1.29 is 8.42 Å². The molecule has 0 saturated carbocycles. The highest BCUT2D eigenvalue weighted by atomic mass is 79.9. The zero-order chi connectivity index (χ0) is 14.0. The van der Waals surface area contributed by atoms with E-state index in [-0.39, 0.29) is 10.6 Å². The van der Waals surface area contributed by atoms with E-state index >= 15 is 0 Å². The van der Waals surface area contributed by atoms with Crippen molar-refractivity contribution in [3.05, 3.63) is 46.2 Å². The predicted octanol–water partition coefficient (Wildman–Crippen LogP) is 2.88. The van der Waals surface area contributed by atoms with Crippen molar-refractivity contribution in [1.82, 2.24) is 4.98 Å². The molecule has 0 atom stereocenters. The smallest absolute Gasteiger partial charge is 0.265 e. The first-order valence-electron chi connectivity index (χ1n) is 5.08. The van der Waals surface area contributed by atoms with Crippen molar-refractivity contribution in [1.29, 1.82) is 0 Å². The lowest BCUT2D eigenvalue weighted by atomic mass is 10.3. The number of hydrogen-bond acceptors (Lipinski definition) is 4. The zero-order valence-electron chi connectivity index (χ0n) is 9.47. The molecule has 0 saturated heterocycles. The van der Waals surface area contributed by atoms with Crippen molar-refractivity contribution in [2.75, 3.05) is 10.5 Å². The first kappa shape index (κ1) is 14.1. The van der Waals surface area contributed by atoms with Crippen LogP contribution in [0.3, 0.4) is 0 Å². The molecule has 1 heterocycles. The number of hydrogen-bond donors (Lipinski definition) is 2. The fourth-order valence-electron chi connectivity index (χ4n) is 1.40. The number of benzene rings is 1. The van der Waals surface area contributed by atoms with Gasteiger partial charge in [-0.15, -0.1) is 0 Å². The summed E-state index contributed by atoms with van der Waals surface area (Å²) in [5.74, 6) is 0. The van der Waals surface area contributed by atoms with Gasteiger partial charge in [0.05, 0.1) is 20.9 Å². The highest BCUT2D eigenvalue weighted by Gasteiger charge is 2.19. The second-order valence-corrected chi connectivity index (χ2v) is 6.47. The van der Waals surface area contributed by atoms with Gasteiger partial charge in [0.2, 0.25) is 0 Å². The van der Waals surface area contributed by atoms with Crippen molar-refractivity contribution in [2.24, 2.45) is 0 Å². The molecule has 19 heavy (non-hydrogen) atoms. The third-order valence-electron chi connectivity index (χ3n) is 2.30. The monoisotopic (exact) mass is 361 g/mol. The van der Waals surface area contributed by atoms with Gasteiger partial charge in [0.25, 0.3) is 10.0 Å². The third-order valence-corrected chi connectivity index (χ3v) is 5.11. The molecule has 0 bridgehead atoms. The van der Waals surface area contributed by atoms with Crippen LogP contribution in [-0.2, 0) is 10.0 Å². The fraction of sp³-hybridized carbons (Fsp3) is 0. The van der Waals surface area contributed by atoms with Gasteiger partial charge in [0.15, 0.2) is 0 Å². The summed E-state index contributed by atoms with van der Waals surface area (Å²) in [4.78, 5) is 3.67. The molecule has 0 spiro atoms. The van der Waals surface area contributed by atoms with Gasteiger partial charge in [-0.2, -0.15) is 0 Å². The van der Waals surface area contributed by atoms with Crippen LogP contribution < -0.4 is 10.5 Å². The molecule has 0 radical (unpaired) electrons. The van der Waals surface area contributed by atoms with E-state index in [2.05, 4.69) is 25.6 Å². The molecule has 5 nitrogen and oxygen atoms in total. The Kier molecular flexibility index (Phi) is 3.98. The van der Waals surface area contributed by atoms with Crippen LogP contribution in [0.2, 0.25) is 5.02 Å².